The summed E-state index contributed by atoms with van der Waals surface area (Å²) in [6.07, 6.45) is 0.974. The number of aryl methyl sites for hydroxylation is 2. The van der Waals surface area contributed by atoms with Crippen LogP contribution in [-0.2, 0) is 23.0 Å². The largest absolute Gasteiger partial charge is 0.337 e. The van der Waals surface area contributed by atoms with Gasteiger partial charge in [0.1, 0.15) is 0 Å². The summed E-state index contributed by atoms with van der Waals surface area (Å²) < 4.78 is 25.8. The number of hydrogen-bond donors (Lipinski definition) is 0. The highest BCUT2D eigenvalue weighted by Gasteiger charge is 2.21. The van der Waals surface area contributed by atoms with Gasteiger partial charge in [0.2, 0.25) is 10.0 Å². The smallest absolute Gasteiger partial charge is 0.254 e. The average molecular weight is 375 g/mol. The van der Waals surface area contributed by atoms with Gasteiger partial charge in [-0.15, -0.1) is 0 Å². The van der Waals surface area contributed by atoms with Gasteiger partial charge in [-0.2, -0.15) is 0 Å². The van der Waals surface area contributed by atoms with Gasteiger partial charge in [-0.25, -0.2) is 12.7 Å². The molecule has 0 bridgehead atoms. The molecule has 0 fully saturated rings. The summed E-state index contributed by atoms with van der Waals surface area (Å²) in [5.41, 5.74) is 3.44. The van der Waals surface area contributed by atoms with E-state index < -0.39 is 10.0 Å². The molecule has 0 atom stereocenters. The van der Waals surface area contributed by atoms with Crippen LogP contribution in [0, 0.1) is 6.92 Å². The van der Waals surface area contributed by atoms with Gasteiger partial charge in [-0.3, -0.25) is 4.79 Å². The van der Waals surface area contributed by atoms with Crippen molar-refractivity contribution in [2.24, 2.45) is 0 Å². The minimum Gasteiger partial charge on any atom is -0.337 e. The Hall–Kier alpha value is -2.18. The maximum atomic E-state index is 12.9. The quantitative estimate of drug-likeness (QED) is 0.781. The summed E-state index contributed by atoms with van der Waals surface area (Å²) in [4.78, 5) is 14.6. The van der Waals surface area contributed by atoms with Crippen LogP contribution < -0.4 is 0 Å². The Balaban J connectivity index is 2.27. The first kappa shape index (κ1) is 20.1. The highest BCUT2D eigenvalue weighted by Crippen LogP contribution is 2.20. The van der Waals surface area contributed by atoms with Crippen LogP contribution in [0.4, 0.5) is 0 Å². The highest BCUT2D eigenvalue weighted by atomic mass is 32.2. The van der Waals surface area contributed by atoms with E-state index in [2.05, 4.69) is 19.1 Å². The fourth-order valence-corrected chi connectivity index (χ4v) is 3.56. The topological polar surface area (TPSA) is 57.7 Å². The molecule has 5 nitrogen and oxygen atoms in total. The van der Waals surface area contributed by atoms with E-state index in [-0.39, 0.29) is 10.8 Å². The standard InChI is InChI=1S/C20H26N2O3S/c1-6-16-8-10-17(11-9-16)14-22(5)20(23)19-13-18(12-7-15(19)2)26(24,25)21(3)4/h7-13H,6,14H2,1-5H3. The number of nitrogens with zero attached hydrogens (tertiary/aromatic N) is 2. The van der Waals surface area contributed by atoms with Crippen LogP contribution in [-0.4, -0.2) is 44.7 Å². The van der Waals surface area contributed by atoms with Gasteiger partial charge in [0, 0.05) is 33.3 Å². The SMILES string of the molecule is CCc1ccc(CN(C)C(=O)c2cc(S(=O)(=O)N(C)C)ccc2C)cc1. The van der Waals surface area contributed by atoms with E-state index in [0.717, 1.165) is 21.9 Å². The molecule has 0 saturated carbocycles. The van der Waals surface area contributed by atoms with Gasteiger partial charge >= 0.3 is 0 Å². The van der Waals surface area contributed by atoms with Crippen LogP contribution in [0.1, 0.15) is 34.0 Å². The zero-order valence-corrected chi connectivity index (χ0v) is 16.8. The van der Waals surface area contributed by atoms with Crippen LogP contribution in [0.3, 0.4) is 0 Å². The fourth-order valence-electron chi connectivity index (χ4n) is 2.63. The van der Waals surface area contributed by atoms with E-state index in [9.17, 15) is 13.2 Å². The number of hydrogen-bond acceptors (Lipinski definition) is 3. The lowest BCUT2D eigenvalue weighted by molar-refractivity contribution is 0.0784. The average Bonchev–Trinajstić information content (AvgIpc) is 2.61. The molecule has 6 heteroatoms. The first-order chi connectivity index (χ1) is 12.2. The van der Waals surface area contributed by atoms with Crippen LogP contribution in [0.5, 0.6) is 0 Å². The van der Waals surface area contributed by atoms with Crippen LogP contribution in [0.25, 0.3) is 0 Å². The molecule has 0 spiro atoms. The number of rotatable bonds is 6. The first-order valence-corrected chi connectivity index (χ1v) is 9.97. The molecule has 0 unspecified atom stereocenters. The van der Waals surface area contributed by atoms with Crippen molar-refractivity contribution in [3.05, 3.63) is 64.7 Å². The third-order valence-electron chi connectivity index (χ3n) is 4.42. The predicted octanol–water partition coefficient (Wildman–Crippen LogP) is 3.08. The molecule has 2 rings (SSSR count). The number of benzene rings is 2. The summed E-state index contributed by atoms with van der Waals surface area (Å²) in [6.45, 7) is 4.37. The monoisotopic (exact) mass is 374 g/mol. The van der Waals surface area contributed by atoms with Crippen molar-refractivity contribution in [2.45, 2.75) is 31.7 Å². The number of sulfonamides is 1. The lowest BCUT2D eigenvalue weighted by atomic mass is 10.1. The zero-order valence-electron chi connectivity index (χ0n) is 16.0. The normalized spacial score (nSPS) is 11.6. The third-order valence-corrected chi connectivity index (χ3v) is 6.23. The molecule has 26 heavy (non-hydrogen) atoms. The number of amides is 1. The fraction of sp³-hybridized carbons (Fsp3) is 0.350. The van der Waals surface area contributed by atoms with Crippen LogP contribution >= 0.6 is 0 Å². The summed E-state index contributed by atoms with van der Waals surface area (Å²) in [5.74, 6) is -0.196. The summed E-state index contributed by atoms with van der Waals surface area (Å²) in [7, 11) is 1.10. The summed E-state index contributed by atoms with van der Waals surface area (Å²) >= 11 is 0. The van der Waals surface area contributed by atoms with Gasteiger partial charge in [-0.1, -0.05) is 37.3 Å². The predicted molar refractivity (Wildman–Crippen MR) is 104 cm³/mol. The zero-order chi connectivity index (χ0) is 19.5. The van der Waals surface area contributed by atoms with Crippen molar-refractivity contribution in [3.63, 3.8) is 0 Å². The van der Waals surface area contributed by atoms with Gasteiger partial charge in [0.25, 0.3) is 5.91 Å². The van der Waals surface area contributed by atoms with Crippen LogP contribution in [0.15, 0.2) is 47.4 Å². The second-order valence-corrected chi connectivity index (χ2v) is 8.75. The maximum absolute atomic E-state index is 12.9. The molecule has 0 saturated heterocycles. The molecule has 0 aromatic heterocycles. The third kappa shape index (κ3) is 4.31. The molecule has 0 heterocycles. The Morgan fingerprint density at radius 3 is 2.08 bits per heavy atom. The van der Waals surface area contributed by atoms with Crippen LogP contribution in [0.2, 0.25) is 0 Å². The first-order valence-electron chi connectivity index (χ1n) is 8.53. The van der Waals surface area contributed by atoms with E-state index in [4.69, 9.17) is 0 Å². The molecule has 2 aromatic carbocycles. The van der Waals surface area contributed by atoms with Crippen molar-refractivity contribution in [1.82, 2.24) is 9.21 Å². The van der Waals surface area contributed by atoms with Gasteiger partial charge in [0.15, 0.2) is 0 Å². The van der Waals surface area contributed by atoms with E-state index in [0.29, 0.717) is 12.1 Å². The van der Waals surface area contributed by atoms with E-state index in [1.54, 1.807) is 18.0 Å². The Labute approximate surface area is 156 Å². The lowest BCUT2D eigenvalue weighted by Gasteiger charge is -2.20. The molecular weight excluding hydrogens is 348 g/mol. The minimum atomic E-state index is -3.58. The molecule has 0 N–H and O–H groups in total. The maximum Gasteiger partial charge on any atom is 0.254 e. The molecule has 1 amide bonds. The number of carbonyl (C=O) groups excluding carboxylic acids is 1. The molecule has 0 aliphatic heterocycles. The van der Waals surface area contributed by atoms with E-state index in [1.807, 2.05) is 19.1 Å². The Bertz CT molecular complexity index is 888. The Morgan fingerprint density at radius 2 is 1.54 bits per heavy atom. The van der Waals surface area contributed by atoms with Crippen molar-refractivity contribution >= 4 is 15.9 Å². The van der Waals surface area contributed by atoms with E-state index >= 15 is 0 Å². The molecular formula is C20H26N2O3S. The summed E-state index contributed by atoms with van der Waals surface area (Å²) in [6, 6.07) is 12.8. The van der Waals surface area contributed by atoms with Crippen molar-refractivity contribution in [2.75, 3.05) is 21.1 Å². The molecule has 0 aliphatic carbocycles. The second kappa shape index (κ2) is 8.01. The second-order valence-electron chi connectivity index (χ2n) is 6.60. The van der Waals surface area contributed by atoms with Crippen molar-refractivity contribution in [3.8, 4) is 0 Å². The minimum absolute atomic E-state index is 0.122. The van der Waals surface area contributed by atoms with Gasteiger partial charge in [-0.05, 0) is 42.2 Å². The molecule has 0 aliphatic rings. The van der Waals surface area contributed by atoms with Gasteiger partial charge in [0.05, 0.1) is 4.90 Å². The number of carbonyl (C=O) groups is 1. The van der Waals surface area contributed by atoms with Crippen molar-refractivity contribution < 1.29 is 13.2 Å². The molecule has 0 radical (unpaired) electrons. The summed E-state index contributed by atoms with van der Waals surface area (Å²) in [5, 5.41) is 0. The van der Waals surface area contributed by atoms with Crippen molar-refractivity contribution in [1.29, 1.82) is 0 Å². The molecule has 2 aromatic rings. The lowest BCUT2D eigenvalue weighted by Crippen LogP contribution is -2.28. The highest BCUT2D eigenvalue weighted by molar-refractivity contribution is 7.89. The molecule has 140 valence electrons. The van der Waals surface area contributed by atoms with E-state index in [1.165, 1.54) is 31.8 Å². The Kier molecular flexibility index (Phi) is 6.21. The Morgan fingerprint density at radius 1 is 0.962 bits per heavy atom. The van der Waals surface area contributed by atoms with Gasteiger partial charge < -0.3 is 4.90 Å².